The van der Waals surface area contributed by atoms with Crippen LogP contribution in [0.2, 0.25) is 0 Å². The topological polar surface area (TPSA) is 90.4 Å². The zero-order valence-corrected chi connectivity index (χ0v) is 10.9. The Balaban J connectivity index is 1.88. The molecule has 1 saturated carbocycles. The molecule has 1 heterocycles. The fraction of sp³-hybridized carbons (Fsp3) is 0.500. The van der Waals surface area contributed by atoms with Crippen molar-refractivity contribution >= 4 is 11.4 Å². The first-order valence-corrected chi connectivity index (χ1v) is 6.71. The van der Waals surface area contributed by atoms with Gasteiger partial charge in [-0.2, -0.15) is 5.26 Å². The SMILES string of the molecule is N#Cc1cc([N+](=O)[O-])ccc1N1CC2CCC(O)C2C1. The Labute approximate surface area is 116 Å². The largest absolute Gasteiger partial charge is 0.393 e. The molecule has 0 bridgehead atoms. The van der Waals surface area contributed by atoms with Gasteiger partial charge in [-0.25, -0.2) is 0 Å². The Morgan fingerprint density at radius 2 is 2.20 bits per heavy atom. The number of benzene rings is 1. The predicted molar refractivity (Wildman–Crippen MR) is 72.2 cm³/mol. The second kappa shape index (κ2) is 4.76. The Kier molecular flexibility index (Phi) is 3.07. The van der Waals surface area contributed by atoms with Crippen LogP contribution in [0, 0.1) is 33.3 Å². The summed E-state index contributed by atoms with van der Waals surface area (Å²) in [7, 11) is 0. The van der Waals surface area contributed by atoms with Crippen LogP contribution >= 0.6 is 0 Å². The lowest BCUT2D eigenvalue weighted by molar-refractivity contribution is -0.384. The van der Waals surface area contributed by atoms with E-state index in [1.54, 1.807) is 6.07 Å². The maximum absolute atomic E-state index is 10.8. The minimum Gasteiger partial charge on any atom is -0.393 e. The first kappa shape index (κ1) is 12.9. The number of non-ortho nitro benzene ring substituents is 1. The summed E-state index contributed by atoms with van der Waals surface area (Å²) in [4.78, 5) is 12.3. The summed E-state index contributed by atoms with van der Waals surface area (Å²) < 4.78 is 0. The average Bonchev–Trinajstić information content (AvgIpc) is 3.00. The van der Waals surface area contributed by atoms with Crippen LogP contribution in [0.5, 0.6) is 0 Å². The zero-order chi connectivity index (χ0) is 14.3. The molecule has 104 valence electrons. The summed E-state index contributed by atoms with van der Waals surface area (Å²) >= 11 is 0. The number of aliphatic hydroxyl groups excluding tert-OH is 1. The molecule has 2 fully saturated rings. The maximum Gasteiger partial charge on any atom is 0.270 e. The van der Waals surface area contributed by atoms with Gasteiger partial charge in [0.25, 0.3) is 5.69 Å². The van der Waals surface area contributed by atoms with Gasteiger partial charge in [0.1, 0.15) is 6.07 Å². The second-order valence-electron chi connectivity index (χ2n) is 5.54. The van der Waals surface area contributed by atoms with Crippen molar-refractivity contribution in [2.45, 2.75) is 18.9 Å². The third kappa shape index (κ3) is 2.00. The number of nitro groups is 1. The number of aliphatic hydroxyl groups is 1. The fourth-order valence-corrected chi connectivity index (χ4v) is 3.44. The normalized spacial score (nSPS) is 28.2. The molecule has 0 amide bonds. The number of nitriles is 1. The molecule has 6 heteroatoms. The van der Waals surface area contributed by atoms with Crippen molar-refractivity contribution in [3.8, 4) is 6.07 Å². The lowest BCUT2D eigenvalue weighted by Gasteiger charge is -2.21. The van der Waals surface area contributed by atoms with Crippen LogP contribution in [0.4, 0.5) is 11.4 Å². The fourth-order valence-electron chi connectivity index (χ4n) is 3.44. The zero-order valence-electron chi connectivity index (χ0n) is 10.9. The minimum absolute atomic E-state index is 0.0651. The predicted octanol–water partition coefficient (Wildman–Crippen LogP) is 1.67. The van der Waals surface area contributed by atoms with Crippen LogP contribution in [-0.2, 0) is 0 Å². The van der Waals surface area contributed by atoms with Gasteiger partial charge in [0.2, 0.25) is 0 Å². The highest BCUT2D eigenvalue weighted by atomic mass is 16.6. The van der Waals surface area contributed by atoms with Crippen LogP contribution < -0.4 is 4.90 Å². The van der Waals surface area contributed by atoms with Gasteiger partial charge in [0, 0.05) is 31.1 Å². The summed E-state index contributed by atoms with van der Waals surface area (Å²) in [6.07, 6.45) is 1.61. The Bertz CT molecular complexity index is 596. The lowest BCUT2D eigenvalue weighted by Crippen LogP contribution is -2.25. The molecule has 1 saturated heterocycles. The quantitative estimate of drug-likeness (QED) is 0.654. The molecule has 3 atom stereocenters. The second-order valence-corrected chi connectivity index (χ2v) is 5.54. The van der Waals surface area contributed by atoms with E-state index in [2.05, 4.69) is 4.90 Å². The molecule has 3 unspecified atom stereocenters. The van der Waals surface area contributed by atoms with Gasteiger partial charge in [-0.1, -0.05) is 0 Å². The first-order valence-electron chi connectivity index (χ1n) is 6.71. The Hall–Kier alpha value is -2.13. The van der Waals surface area contributed by atoms with Gasteiger partial charge in [-0.05, 0) is 24.8 Å². The molecule has 1 N–H and O–H groups in total. The molecule has 0 aromatic heterocycles. The molecule has 1 aromatic rings. The summed E-state index contributed by atoms with van der Waals surface area (Å²) in [6, 6.07) is 6.43. The third-order valence-electron chi connectivity index (χ3n) is 4.47. The minimum atomic E-state index is -0.493. The summed E-state index contributed by atoms with van der Waals surface area (Å²) in [5, 5.41) is 29.9. The molecule has 1 aliphatic heterocycles. The number of fused-ring (bicyclic) bond motifs is 1. The van der Waals surface area contributed by atoms with Crippen molar-refractivity contribution < 1.29 is 10.0 Å². The molecule has 1 aromatic carbocycles. The number of rotatable bonds is 2. The van der Waals surface area contributed by atoms with E-state index in [4.69, 9.17) is 0 Å². The van der Waals surface area contributed by atoms with Crippen LogP contribution in [0.3, 0.4) is 0 Å². The standard InChI is InChI=1S/C14H15N3O3/c15-6-10-5-11(17(19)20)2-3-13(10)16-7-9-1-4-14(18)12(9)8-16/h2-3,5,9,12,14,18H,1,4,7-8H2. The number of nitrogens with zero attached hydrogens (tertiary/aromatic N) is 3. The highest BCUT2D eigenvalue weighted by Gasteiger charge is 2.42. The van der Waals surface area contributed by atoms with E-state index >= 15 is 0 Å². The summed E-state index contributed by atoms with van der Waals surface area (Å²) in [5.41, 5.74) is 0.998. The molecule has 0 spiro atoms. The van der Waals surface area contributed by atoms with Gasteiger partial charge in [0.15, 0.2) is 0 Å². The van der Waals surface area contributed by atoms with Crippen molar-refractivity contribution in [3.05, 3.63) is 33.9 Å². The molecular formula is C14H15N3O3. The lowest BCUT2D eigenvalue weighted by atomic mass is 10.00. The van der Waals surface area contributed by atoms with Crippen molar-refractivity contribution in [3.63, 3.8) is 0 Å². The van der Waals surface area contributed by atoms with Gasteiger partial charge in [0.05, 0.1) is 22.3 Å². The van der Waals surface area contributed by atoms with Crippen LogP contribution in [-0.4, -0.2) is 29.2 Å². The molecular weight excluding hydrogens is 258 g/mol. The van der Waals surface area contributed by atoms with Gasteiger partial charge in [-0.3, -0.25) is 10.1 Å². The number of nitro benzene ring substituents is 1. The molecule has 2 aliphatic rings. The molecule has 6 nitrogen and oxygen atoms in total. The number of hydrogen-bond acceptors (Lipinski definition) is 5. The summed E-state index contributed by atoms with van der Waals surface area (Å²) in [6.45, 7) is 1.53. The highest BCUT2D eigenvalue weighted by molar-refractivity contribution is 5.63. The van der Waals surface area contributed by atoms with Gasteiger partial charge < -0.3 is 10.0 Å². The monoisotopic (exact) mass is 273 g/mol. The molecule has 0 radical (unpaired) electrons. The van der Waals surface area contributed by atoms with E-state index < -0.39 is 4.92 Å². The van der Waals surface area contributed by atoms with E-state index in [-0.39, 0.29) is 17.7 Å². The molecule has 3 rings (SSSR count). The van der Waals surface area contributed by atoms with E-state index in [0.717, 1.165) is 31.6 Å². The van der Waals surface area contributed by atoms with Crippen LogP contribution in [0.1, 0.15) is 18.4 Å². The van der Waals surface area contributed by atoms with E-state index in [0.29, 0.717) is 11.5 Å². The van der Waals surface area contributed by atoms with Crippen molar-refractivity contribution in [2.75, 3.05) is 18.0 Å². The Morgan fingerprint density at radius 1 is 1.40 bits per heavy atom. The smallest absolute Gasteiger partial charge is 0.270 e. The van der Waals surface area contributed by atoms with E-state index in [1.165, 1.54) is 12.1 Å². The number of anilines is 1. The van der Waals surface area contributed by atoms with Crippen LogP contribution in [0.15, 0.2) is 18.2 Å². The maximum atomic E-state index is 10.8. The van der Waals surface area contributed by atoms with E-state index in [9.17, 15) is 20.5 Å². The van der Waals surface area contributed by atoms with Crippen molar-refractivity contribution in [2.24, 2.45) is 11.8 Å². The van der Waals surface area contributed by atoms with Gasteiger partial charge >= 0.3 is 0 Å². The average molecular weight is 273 g/mol. The third-order valence-corrected chi connectivity index (χ3v) is 4.47. The van der Waals surface area contributed by atoms with Gasteiger partial charge in [-0.15, -0.1) is 0 Å². The Morgan fingerprint density at radius 3 is 2.85 bits per heavy atom. The van der Waals surface area contributed by atoms with E-state index in [1.807, 2.05) is 6.07 Å². The molecule has 1 aliphatic carbocycles. The highest BCUT2D eigenvalue weighted by Crippen LogP contribution is 2.40. The van der Waals surface area contributed by atoms with Crippen molar-refractivity contribution in [1.82, 2.24) is 0 Å². The summed E-state index contributed by atoms with van der Waals surface area (Å²) in [5.74, 6) is 0.725. The first-order chi connectivity index (χ1) is 9.60. The van der Waals surface area contributed by atoms with Crippen LogP contribution in [0.25, 0.3) is 0 Å². The number of hydrogen-bond donors (Lipinski definition) is 1. The molecule has 20 heavy (non-hydrogen) atoms. The van der Waals surface area contributed by atoms with Crippen molar-refractivity contribution in [1.29, 1.82) is 5.26 Å².